The molecule has 1 rings (SSSR count). The molecule has 0 N–H and O–H groups in total. The van der Waals surface area contributed by atoms with Gasteiger partial charge in [-0.25, -0.2) is 0 Å². The van der Waals surface area contributed by atoms with Gasteiger partial charge in [0.15, 0.2) is 0 Å². The maximum Gasteiger partial charge on any atom is 0.132 e. The van der Waals surface area contributed by atoms with E-state index in [0.29, 0.717) is 16.2 Å². The number of rotatable bonds is 1. The van der Waals surface area contributed by atoms with Crippen molar-refractivity contribution in [3.8, 4) is 11.8 Å². The predicted octanol–water partition coefficient (Wildman–Crippen LogP) is 1.86. The Bertz CT molecular complexity index is 303. The first-order chi connectivity index (χ1) is 5.27. The maximum atomic E-state index is 8.50. The van der Waals surface area contributed by atoms with Crippen LogP contribution in [-0.4, -0.2) is 7.11 Å². The van der Waals surface area contributed by atoms with E-state index in [1.165, 1.54) is 0 Å². The molecule has 0 saturated carbocycles. The van der Waals surface area contributed by atoms with E-state index < -0.39 is 0 Å². The highest BCUT2D eigenvalue weighted by Crippen LogP contribution is 2.22. The molecule has 0 unspecified atom stereocenters. The van der Waals surface area contributed by atoms with Gasteiger partial charge in [-0.3, -0.25) is 0 Å². The van der Waals surface area contributed by atoms with Crippen LogP contribution in [0.15, 0.2) is 23.1 Å². The second kappa shape index (κ2) is 3.31. The minimum absolute atomic E-state index is 0.593. The lowest BCUT2D eigenvalue weighted by atomic mass is 10.2. The topological polar surface area (TPSA) is 33.0 Å². The molecule has 0 atom stereocenters. The molecule has 0 aliphatic heterocycles. The van der Waals surface area contributed by atoms with Crippen molar-refractivity contribution >= 4 is 12.6 Å². The van der Waals surface area contributed by atoms with Crippen LogP contribution in [0.2, 0.25) is 0 Å². The van der Waals surface area contributed by atoms with Gasteiger partial charge in [0.2, 0.25) is 0 Å². The summed E-state index contributed by atoms with van der Waals surface area (Å²) in [7, 11) is 1.57. The van der Waals surface area contributed by atoms with Crippen LogP contribution >= 0.6 is 12.6 Å². The highest BCUT2D eigenvalue weighted by atomic mass is 32.1. The van der Waals surface area contributed by atoms with E-state index in [0.717, 1.165) is 0 Å². The van der Waals surface area contributed by atoms with Gasteiger partial charge in [-0.1, -0.05) is 0 Å². The van der Waals surface area contributed by atoms with Gasteiger partial charge in [-0.15, -0.1) is 12.6 Å². The summed E-state index contributed by atoms with van der Waals surface area (Å²) >= 11 is 4.13. The van der Waals surface area contributed by atoms with Gasteiger partial charge in [0, 0.05) is 4.90 Å². The van der Waals surface area contributed by atoms with Gasteiger partial charge < -0.3 is 4.74 Å². The summed E-state index contributed by atoms with van der Waals surface area (Å²) in [4.78, 5) is 0.687. The van der Waals surface area contributed by atoms with Crippen LogP contribution in [0.5, 0.6) is 5.75 Å². The van der Waals surface area contributed by atoms with Gasteiger partial charge in [-0.2, -0.15) is 5.26 Å². The molecule has 11 heavy (non-hydrogen) atoms. The Kier molecular flexibility index (Phi) is 2.40. The second-order valence-corrected chi connectivity index (χ2v) is 2.48. The van der Waals surface area contributed by atoms with Crippen molar-refractivity contribution in [2.45, 2.75) is 4.90 Å². The molecule has 0 bridgehead atoms. The molecule has 3 heteroatoms. The Morgan fingerprint density at radius 2 is 2.27 bits per heavy atom. The van der Waals surface area contributed by atoms with E-state index in [9.17, 15) is 0 Å². The third kappa shape index (κ3) is 1.66. The van der Waals surface area contributed by atoms with E-state index in [1.807, 2.05) is 6.07 Å². The maximum absolute atomic E-state index is 8.50. The fourth-order valence-corrected chi connectivity index (χ4v) is 1.06. The number of thiol groups is 1. The number of methoxy groups -OCH3 is 1. The van der Waals surface area contributed by atoms with Gasteiger partial charge >= 0.3 is 0 Å². The Morgan fingerprint density at radius 3 is 2.73 bits per heavy atom. The van der Waals surface area contributed by atoms with Crippen molar-refractivity contribution in [1.29, 1.82) is 5.26 Å². The summed E-state index contributed by atoms with van der Waals surface area (Å²) in [5.41, 5.74) is 0.593. The zero-order valence-electron chi connectivity index (χ0n) is 6.03. The largest absolute Gasteiger partial charge is 0.496 e. The van der Waals surface area contributed by atoms with Gasteiger partial charge in [-0.05, 0) is 18.2 Å². The quantitative estimate of drug-likeness (QED) is 0.644. The van der Waals surface area contributed by atoms with Gasteiger partial charge in [0.05, 0.1) is 18.7 Å². The number of benzene rings is 1. The lowest BCUT2D eigenvalue weighted by Crippen LogP contribution is -1.84. The summed E-state index contributed by atoms with van der Waals surface area (Å²) < 4.78 is 4.96. The van der Waals surface area contributed by atoms with E-state index in [2.05, 4.69) is 12.6 Å². The van der Waals surface area contributed by atoms with Crippen molar-refractivity contribution < 1.29 is 4.74 Å². The van der Waals surface area contributed by atoms with Crippen molar-refractivity contribution in [2.24, 2.45) is 0 Å². The number of hydrogen-bond acceptors (Lipinski definition) is 3. The lowest BCUT2D eigenvalue weighted by Gasteiger charge is -2.01. The lowest BCUT2D eigenvalue weighted by molar-refractivity contribution is 0.405. The molecule has 1 aromatic carbocycles. The zero-order chi connectivity index (χ0) is 8.27. The van der Waals surface area contributed by atoms with Crippen molar-refractivity contribution in [3.63, 3.8) is 0 Å². The van der Waals surface area contributed by atoms with Gasteiger partial charge in [0.25, 0.3) is 0 Å². The Labute approximate surface area is 70.8 Å². The first-order valence-electron chi connectivity index (χ1n) is 3.05. The fourth-order valence-electron chi connectivity index (χ4n) is 0.760. The van der Waals surface area contributed by atoms with Crippen LogP contribution in [0, 0.1) is 11.3 Å². The Hall–Kier alpha value is -1.14. The Balaban J connectivity index is 3.12. The third-order valence-corrected chi connectivity index (χ3v) is 1.66. The summed E-state index contributed by atoms with van der Waals surface area (Å²) in [6, 6.07) is 7.10. The summed E-state index contributed by atoms with van der Waals surface area (Å²) in [6.07, 6.45) is 0. The summed E-state index contributed by atoms with van der Waals surface area (Å²) in [6.45, 7) is 0. The molecule has 0 spiro atoms. The monoisotopic (exact) mass is 165 g/mol. The molecule has 1 aromatic rings. The minimum atomic E-state index is 0.593. The molecule has 0 saturated heterocycles. The zero-order valence-corrected chi connectivity index (χ0v) is 6.93. The second-order valence-electron chi connectivity index (χ2n) is 2.00. The molecule has 0 heterocycles. The third-order valence-electron chi connectivity index (χ3n) is 1.31. The van der Waals surface area contributed by atoms with E-state index in [1.54, 1.807) is 25.3 Å². The van der Waals surface area contributed by atoms with Gasteiger partial charge in [0.1, 0.15) is 5.75 Å². The fraction of sp³-hybridized carbons (Fsp3) is 0.125. The van der Waals surface area contributed by atoms with Crippen LogP contribution in [-0.2, 0) is 0 Å². The first-order valence-corrected chi connectivity index (χ1v) is 3.49. The molecular weight excluding hydrogens is 158 g/mol. The molecule has 0 aromatic heterocycles. The predicted molar refractivity (Wildman–Crippen MR) is 45.0 cm³/mol. The van der Waals surface area contributed by atoms with Crippen LogP contribution in [0.4, 0.5) is 0 Å². The number of hydrogen-bond donors (Lipinski definition) is 1. The molecule has 0 radical (unpaired) electrons. The van der Waals surface area contributed by atoms with Crippen LogP contribution in [0.1, 0.15) is 5.56 Å². The van der Waals surface area contributed by atoms with Crippen molar-refractivity contribution in [1.82, 2.24) is 0 Å². The first kappa shape index (κ1) is 7.96. The number of ether oxygens (including phenoxy) is 1. The standard InChI is InChI=1S/C8H7NOS/c1-10-7-3-2-6(5-9)4-8(7)11/h2-4,11H,1H3. The SMILES string of the molecule is COc1ccc(C#N)cc1S. The summed E-state index contributed by atoms with van der Waals surface area (Å²) in [5.74, 6) is 0.687. The van der Waals surface area contributed by atoms with Crippen molar-refractivity contribution in [2.75, 3.05) is 7.11 Å². The molecule has 0 aliphatic carbocycles. The average molecular weight is 165 g/mol. The smallest absolute Gasteiger partial charge is 0.132 e. The minimum Gasteiger partial charge on any atom is -0.496 e. The van der Waals surface area contributed by atoms with Crippen LogP contribution in [0.25, 0.3) is 0 Å². The molecule has 56 valence electrons. The van der Waals surface area contributed by atoms with Crippen LogP contribution < -0.4 is 4.74 Å². The van der Waals surface area contributed by atoms with E-state index >= 15 is 0 Å². The Morgan fingerprint density at radius 1 is 1.55 bits per heavy atom. The van der Waals surface area contributed by atoms with Crippen LogP contribution in [0.3, 0.4) is 0 Å². The highest BCUT2D eigenvalue weighted by molar-refractivity contribution is 7.80. The summed E-state index contributed by atoms with van der Waals surface area (Å²) in [5, 5.41) is 8.50. The normalized spacial score (nSPS) is 8.82. The molecule has 0 fully saturated rings. The van der Waals surface area contributed by atoms with E-state index in [-0.39, 0.29) is 0 Å². The molecule has 2 nitrogen and oxygen atoms in total. The number of nitrogens with zero attached hydrogens (tertiary/aromatic N) is 1. The van der Waals surface area contributed by atoms with E-state index in [4.69, 9.17) is 10.00 Å². The highest BCUT2D eigenvalue weighted by Gasteiger charge is 1.98. The molecular formula is C8H7NOS. The number of nitriles is 1. The molecule has 0 aliphatic rings. The molecule has 0 amide bonds. The van der Waals surface area contributed by atoms with Crippen molar-refractivity contribution in [3.05, 3.63) is 23.8 Å². The average Bonchev–Trinajstić information content (AvgIpc) is 2.04.